The van der Waals surface area contributed by atoms with Crippen molar-refractivity contribution in [2.45, 2.75) is 29.7 Å². The number of nitrogens with one attached hydrogen (secondary N) is 1. The average molecular weight is 453 g/mol. The molecule has 0 bridgehead atoms. The predicted octanol–water partition coefficient (Wildman–Crippen LogP) is 1.96. The molecule has 1 saturated heterocycles. The van der Waals surface area contributed by atoms with E-state index in [9.17, 15) is 22.6 Å². The molecule has 0 radical (unpaired) electrons. The second-order valence-electron chi connectivity index (χ2n) is 6.81. The van der Waals surface area contributed by atoms with Crippen LogP contribution in [0, 0.1) is 11.3 Å². The van der Waals surface area contributed by atoms with Crippen LogP contribution in [0.25, 0.3) is 0 Å². The second kappa shape index (κ2) is 8.97. The SMILES string of the molecule is CS(=O)c1ccc(Cc2nc(C(=O)NCC(=O)N3CC(F)(F)C[C@H]3C#N)cs2)cc1. The van der Waals surface area contributed by atoms with Crippen LogP contribution in [0.4, 0.5) is 8.78 Å². The zero-order valence-electron chi connectivity index (χ0n) is 15.9. The lowest BCUT2D eigenvalue weighted by Gasteiger charge is -2.19. The van der Waals surface area contributed by atoms with Crippen LogP contribution in [0.1, 0.15) is 27.5 Å². The topological polar surface area (TPSA) is 103 Å². The van der Waals surface area contributed by atoms with Crippen molar-refractivity contribution in [1.82, 2.24) is 15.2 Å². The molecule has 7 nitrogen and oxygen atoms in total. The normalized spacial score (nSPS) is 18.6. The monoisotopic (exact) mass is 452 g/mol. The number of aromatic nitrogens is 1. The molecule has 1 aliphatic rings. The van der Waals surface area contributed by atoms with Gasteiger partial charge in [-0.15, -0.1) is 11.3 Å². The largest absolute Gasteiger partial charge is 0.342 e. The third kappa shape index (κ3) is 5.25. The molecule has 1 N–H and O–H groups in total. The van der Waals surface area contributed by atoms with Gasteiger partial charge < -0.3 is 10.2 Å². The molecule has 2 atom stereocenters. The van der Waals surface area contributed by atoms with Gasteiger partial charge in [-0.2, -0.15) is 5.26 Å². The standard InChI is InChI=1S/C19H18F2N4O3S2/c1-30(28)14-4-2-12(3-5-14)6-16-24-15(10-29-16)18(27)23-9-17(26)25-11-19(20,21)7-13(25)8-22/h2-5,10,13H,6-7,9,11H2,1H3,(H,23,27)/t13-,30?/m0/s1. The number of thiazole rings is 1. The minimum absolute atomic E-state index is 0.123. The zero-order chi connectivity index (χ0) is 21.9. The van der Waals surface area contributed by atoms with Crippen molar-refractivity contribution in [3.63, 3.8) is 0 Å². The van der Waals surface area contributed by atoms with Crippen molar-refractivity contribution >= 4 is 34.0 Å². The lowest BCUT2D eigenvalue weighted by molar-refractivity contribution is -0.131. The highest BCUT2D eigenvalue weighted by molar-refractivity contribution is 7.84. The molecule has 0 spiro atoms. The minimum Gasteiger partial charge on any atom is -0.342 e. The van der Waals surface area contributed by atoms with Crippen LogP contribution < -0.4 is 5.32 Å². The van der Waals surface area contributed by atoms with Gasteiger partial charge in [-0.3, -0.25) is 13.8 Å². The van der Waals surface area contributed by atoms with E-state index in [0.717, 1.165) is 15.4 Å². The summed E-state index contributed by atoms with van der Waals surface area (Å²) >= 11 is 1.28. The first kappa shape index (κ1) is 22.0. The fraction of sp³-hybridized carbons (Fsp3) is 0.368. The number of nitrogens with zero attached hydrogens (tertiary/aromatic N) is 3. The third-order valence-electron chi connectivity index (χ3n) is 4.53. The molecule has 0 saturated carbocycles. The number of amides is 2. The summed E-state index contributed by atoms with van der Waals surface area (Å²) in [5.74, 6) is -4.44. The summed E-state index contributed by atoms with van der Waals surface area (Å²) in [7, 11) is -1.06. The summed E-state index contributed by atoms with van der Waals surface area (Å²) in [6.07, 6.45) is 1.38. The smallest absolute Gasteiger partial charge is 0.271 e. The average Bonchev–Trinajstić information content (AvgIpc) is 3.29. The first-order valence-corrected chi connectivity index (χ1v) is 11.3. The molecule has 30 heavy (non-hydrogen) atoms. The Morgan fingerprint density at radius 3 is 2.73 bits per heavy atom. The Morgan fingerprint density at radius 2 is 2.10 bits per heavy atom. The summed E-state index contributed by atoms with van der Waals surface area (Å²) < 4.78 is 38.3. The van der Waals surface area contributed by atoms with Crippen LogP contribution in [-0.4, -0.2) is 57.2 Å². The molecular weight excluding hydrogens is 434 g/mol. The van der Waals surface area contributed by atoms with Crippen molar-refractivity contribution in [1.29, 1.82) is 5.26 Å². The van der Waals surface area contributed by atoms with Crippen molar-refractivity contribution in [3.8, 4) is 6.07 Å². The van der Waals surface area contributed by atoms with Gasteiger partial charge in [0.25, 0.3) is 11.8 Å². The summed E-state index contributed by atoms with van der Waals surface area (Å²) in [5, 5.41) is 13.6. The maximum atomic E-state index is 13.4. The molecule has 11 heteroatoms. The van der Waals surface area contributed by atoms with E-state index in [-0.39, 0.29) is 5.69 Å². The van der Waals surface area contributed by atoms with E-state index >= 15 is 0 Å². The van der Waals surface area contributed by atoms with Crippen molar-refractivity contribution in [3.05, 3.63) is 45.9 Å². The van der Waals surface area contributed by atoms with Crippen molar-refractivity contribution in [2.24, 2.45) is 0 Å². The fourth-order valence-electron chi connectivity index (χ4n) is 3.01. The number of benzene rings is 1. The van der Waals surface area contributed by atoms with Gasteiger partial charge in [0.15, 0.2) is 0 Å². The van der Waals surface area contributed by atoms with Gasteiger partial charge in [-0.25, -0.2) is 13.8 Å². The van der Waals surface area contributed by atoms with Gasteiger partial charge in [0.1, 0.15) is 11.7 Å². The van der Waals surface area contributed by atoms with Gasteiger partial charge in [0.05, 0.1) is 24.2 Å². The highest BCUT2D eigenvalue weighted by atomic mass is 32.2. The van der Waals surface area contributed by atoms with Crippen LogP contribution in [0.15, 0.2) is 34.5 Å². The van der Waals surface area contributed by atoms with Gasteiger partial charge in [-0.1, -0.05) is 12.1 Å². The first-order chi connectivity index (χ1) is 14.2. The molecule has 2 amide bonds. The molecule has 1 aromatic heterocycles. The van der Waals surface area contributed by atoms with Gasteiger partial charge in [0, 0.05) is 40.2 Å². The molecule has 158 valence electrons. The van der Waals surface area contributed by atoms with Crippen LogP contribution in [0.3, 0.4) is 0 Å². The summed E-state index contributed by atoms with van der Waals surface area (Å²) in [5.41, 5.74) is 1.07. The van der Waals surface area contributed by atoms with Gasteiger partial charge >= 0.3 is 0 Å². The van der Waals surface area contributed by atoms with E-state index < -0.39 is 54.1 Å². The Balaban J connectivity index is 1.55. The third-order valence-corrected chi connectivity index (χ3v) is 6.32. The zero-order valence-corrected chi connectivity index (χ0v) is 17.6. The van der Waals surface area contributed by atoms with E-state index in [0.29, 0.717) is 11.4 Å². The number of hydrogen-bond acceptors (Lipinski definition) is 6. The quantitative estimate of drug-likeness (QED) is 0.722. The number of likely N-dealkylation sites (tertiary alicyclic amines) is 1. The molecule has 2 aromatic rings. The molecule has 1 aromatic carbocycles. The van der Waals surface area contributed by atoms with Crippen molar-refractivity contribution in [2.75, 3.05) is 19.3 Å². The number of halogens is 2. The Bertz CT molecular complexity index is 1020. The number of carbonyl (C=O) groups excluding carboxylic acids is 2. The van der Waals surface area contributed by atoms with Gasteiger partial charge in [0.2, 0.25) is 5.91 Å². The number of carbonyl (C=O) groups is 2. The molecule has 3 rings (SSSR count). The maximum Gasteiger partial charge on any atom is 0.271 e. The molecular formula is C19H18F2N4O3S2. The van der Waals surface area contributed by atoms with Gasteiger partial charge in [-0.05, 0) is 17.7 Å². The summed E-state index contributed by atoms with van der Waals surface area (Å²) in [6, 6.07) is 7.72. The fourth-order valence-corrected chi connectivity index (χ4v) is 4.34. The number of alkyl halides is 2. The van der Waals surface area contributed by atoms with E-state index in [2.05, 4.69) is 10.3 Å². The second-order valence-corrected chi connectivity index (χ2v) is 9.13. The Labute approximate surface area is 178 Å². The highest BCUT2D eigenvalue weighted by Gasteiger charge is 2.47. The highest BCUT2D eigenvalue weighted by Crippen LogP contribution is 2.31. The minimum atomic E-state index is -3.10. The predicted molar refractivity (Wildman–Crippen MR) is 107 cm³/mol. The van der Waals surface area contributed by atoms with E-state index in [1.165, 1.54) is 11.3 Å². The summed E-state index contributed by atoms with van der Waals surface area (Å²) in [4.78, 5) is 30.1. The molecule has 1 unspecified atom stereocenters. The van der Waals surface area contributed by atoms with E-state index in [1.807, 2.05) is 12.1 Å². The molecule has 0 aliphatic carbocycles. The lowest BCUT2D eigenvalue weighted by atomic mass is 10.2. The van der Waals surface area contributed by atoms with E-state index in [4.69, 9.17) is 5.26 Å². The number of rotatable bonds is 6. The van der Waals surface area contributed by atoms with Crippen LogP contribution >= 0.6 is 11.3 Å². The molecule has 1 fully saturated rings. The van der Waals surface area contributed by atoms with Crippen LogP contribution in [-0.2, 0) is 22.0 Å². The van der Waals surface area contributed by atoms with Crippen molar-refractivity contribution < 1.29 is 22.6 Å². The van der Waals surface area contributed by atoms with Crippen LogP contribution in [0.5, 0.6) is 0 Å². The van der Waals surface area contributed by atoms with E-state index in [1.54, 1.807) is 29.8 Å². The number of nitriles is 1. The molecule has 1 aliphatic heterocycles. The summed E-state index contributed by atoms with van der Waals surface area (Å²) in [6.45, 7) is -1.32. The Morgan fingerprint density at radius 1 is 1.40 bits per heavy atom. The lowest BCUT2D eigenvalue weighted by Crippen LogP contribution is -2.43. The first-order valence-electron chi connectivity index (χ1n) is 8.90. The molecule has 2 heterocycles. The number of hydrogen-bond donors (Lipinski definition) is 1. The maximum absolute atomic E-state index is 13.4. The van der Waals surface area contributed by atoms with Crippen LogP contribution in [0.2, 0.25) is 0 Å². The Kier molecular flexibility index (Phi) is 6.58. The Hall–Kier alpha value is -2.71.